The second kappa shape index (κ2) is 4.33. The lowest BCUT2D eigenvalue weighted by Gasteiger charge is -2.33. The van der Waals surface area contributed by atoms with Crippen LogP contribution in [-0.2, 0) is 6.42 Å². The van der Waals surface area contributed by atoms with E-state index >= 15 is 0 Å². The molecule has 0 amide bonds. The van der Waals surface area contributed by atoms with Crippen LogP contribution in [0.15, 0.2) is 24.3 Å². The Morgan fingerprint density at radius 3 is 2.75 bits per heavy atom. The second-order valence-corrected chi connectivity index (χ2v) is 5.95. The quantitative estimate of drug-likeness (QED) is 0.786. The largest absolute Gasteiger partial charge is 0.368 e. The van der Waals surface area contributed by atoms with Crippen LogP contribution in [0.3, 0.4) is 0 Å². The normalized spacial score (nSPS) is 20.0. The Hall–Kier alpha value is -0.630. The molecule has 2 heteroatoms. The molecule has 0 radical (unpaired) electrons. The first-order valence-electron chi connectivity index (χ1n) is 5.99. The van der Waals surface area contributed by atoms with Crippen molar-refractivity contribution in [2.24, 2.45) is 5.41 Å². The highest BCUT2D eigenvalue weighted by molar-refractivity contribution is 7.80. The van der Waals surface area contributed by atoms with Crippen molar-refractivity contribution in [3.8, 4) is 0 Å². The molecule has 0 aromatic heterocycles. The highest BCUT2D eigenvalue weighted by atomic mass is 32.1. The summed E-state index contributed by atoms with van der Waals surface area (Å²) < 4.78 is 0. The van der Waals surface area contributed by atoms with Crippen molar-refractivity contribution in [1.29, 1.82) is 0 Å². The maximum absolute atomic E-state index is 4.45. The van der Waals surface area contributed by atoms with Gasteiger partial charge in [0.2, 0.25) is 0 Å². The average molecular weight is 235 g/mol. The van der Waals surface area contributed by atoms with Crippen molar-refractivity contribution in [2.75, 3.05) is 17.2 Å². The smallest absolute Gasteiger partial charge is 0.0402 e. The number of thiol groups is 1. The number of para-hydroxylation sites is 1. The summed E-state index contributed by atoms with van der Waals surface area (Å²) >= 11 is 4.45. The Balaban J connectivity index is 2.22. The molecule has 0 spiro atoms. The molecule has 1 aromatic carbocycles. The standard InChI is InChI=1S/C14H21NS/c1-11-8-12-6-4-5-7-13(12)15(11)9-14(2,3)10-16/h4-7,11,16H,8-10H2,1-3H3. The number of fused-ring (bicyclic) bond motifs is 1. The fourth-order valence-electron chi connectivity index (χ4n) is 2.38. The number of hydrogen-bond donors (Lipinski definition) is 1. The highest BCUT2D eigenvalue weighted by Gasteiger charge is 2.29. The zero-order valence-electron chi connectivity index (χ0n) is 10.4. The van der Waals surface area contributed by atoms with Gasteiger partial charge in [0.1, 0.15) is 0 Å². The first-order chi connectivity index (χ1) is 7.53. The molecule has 0 fully saturated rings. The van der Waals surface area contributed by atoms with E-state index in [1.165, 1.54) is 17.7 Å². The van der Waals surface area contributed by atoms with Crippen LogP contribution < -0.4 is 4.90 Å². The number of benzene rings is 1. The molecular weight excluding hydrogens is 214 g/mol. The van der Waals surface area contributed by atoms with Gasteiger partial charge in [-0.1, -0.05) is 32.0 Å². The summed E-state index contributed by atoms with van der Waals surface area (Å²) in [5, 5.41) is 0. The van der Waals surface area contributed by atoms with Crippen LogP contribution in [-0.4, -0.2) is 18.3 Å². The van der Waals surface area contributed by atoms with Crippen molar-refractivity contribution in [3.05, 3.63) is 29.8 Å². The lowest BCUT2D eigenvalue weighted by Crippen LogP contribution is -2.38. The van der Waals surface area contributed by atoms with Gasteiger partial charge in [-0.15, -0.1) is 0 Å². The summed E-state index contributed by atoms with van der Waals surface area (Å²) in [6.45, 7) is 7.98. The van der Waals surface area contributed by atoms with E-state index in [4.69, 9.17) is 0 Å². The Bertz CT molecular complexity index is 373. The van der Waals surface area contributed by atoms with E-state index in [9.17, 15) is 0 Å². The van der Waals surface area contributed by atoms with Gasteiger partial charge in [0, 0.05) is 18.3 Å². The molecule has 0 saturated carbocycles. The molecule has 2 rings (SSSR count). The fourth-order valence-corrected chi connectivity index (χ4v) is 2.48. The third-order valence-electron chi connectivity index (χ3n) is 3.37. The van der Waals surface area contributed by atoms with Crippen LogP contribution in [0.4, 0.5) is 5.69 Å². The molecule has 0 N–H and O–H groups in total. The Labute approximate surface area is 104 Å². The van der Waals surface area contributed by atoms with E-state index in [1.807, 2.05) is 0 Å². The zero-order chi connectivity index (χ0) is 11.8. The Morgan fingerprint density at radius 1 is 1.38 bits per heavy atom. The van der Waals surface area contributed by atoms with Gasteiger partial charge in [-0.05, 0) is 36.1 Å². The average Bonchev–Trinajstić information content (AvgIpc) is 2.56. The summed E-state index contributed by atoms with van der Waals surface area (Å²) in [4.78, 5) is 2.53. The molecule has 16 heavy (non-hydrogen) atoms. The van der Waals surface area contributed by atoms with Crippen molar-refractivity contribution < 1.29 is 0 Å². The van der Waals surface area contributed by atoms with Crippen LogP contribution in [0.2, 0.25) is 0 Å². The topological polar surface area (TPSA) is 3.24 Å². The first kappa shape index (κ1) is 11.8. The third kappa shape index (κ3) is 2.22. The van der Waals surface area contributed by atoms with E-state index in [0.717, 1.165) is 12.3 Å². The summed E-state index contributed by atoms with van der Waals surface area (Å²) in [5.74, 6) is 0.929. The van der Waals surface area contributed by atoms with E-state index in [2.05, 4.69) is 62.6 Å². The van der Waals surface area contributed by atoms with Crippen molar-refractivity contribution >= 4 is 18.3 Å². The summed E-state index contributed by atoms with van der Waals surface area (Å²) in [5.41, 5.74) is 3.18. The van der Waals surface area contributed by atoms with E-state index in [1.54, 1.807) is 0 Å². The molecule has 0 bridgehead atoms. The first-order valence-corrected chi connectivity index (χ1v) is 6.62. The minimum absolute atomic E-state index is 0.273. The molecule has 88 valence electrons. The minimum atomic E-state index is 0.273. The molecule has 1 unspecified atom stereocenters. The van der Waals surface area contributed by atoms with Crippen molar-refractivity contribution in [2.45, 2.75) is 33.2 Å². The van der Waals surface area contributed by atoms with Gasteiger partial charge < -0.3 is 4.90 Å². The van der Waals surface area contributed by atoms with Crippen LogP contribution in [0.5, 0.6) is 0 Å². The van der Waals surface area contributed by atoms with Gasteiger partial charge in [-0.3, -0.25) is 0 Å². The molecule has 1 heterocycles. The summed E-state index contributed by atoms with van der Waals surface area (Å²) in [7, 11) is 0. The molecule has 1 aromatic rings. The lowest BCUT2D eigenvalue weighted by molar-refractivity contribution is 0.409. The summed E-state index contributed by atoms with van der Waals surface area (Å²) in [6.07, 6.45) is 1.18. The highest BCUT2D eigenvalue weighted by Crippen LogP contribution is 2.34. The van der Waals surface area contributed by atoms with Crippen LogP contribution in [0, 0.1) is 5.41 Å². The van der Waals surface area contributed by atoms with E-state index < -0.39 is 0 Å². The molecule has 1 aliphatic rings. The van der Waals surface area contributed by atoms with Gasteiger partial charge in [0.15, 0.2) is 0 Å². The lowest BCUT2D eigenvalue weighted by atomic mass is 9.95. The molecule has 1 atom stereocenters. The Morgan fingerprint density at radius 2 is 2.06 bits per heavy atom. The van der Waals surface area contributed by atoms with Crippen LogP contribution >= 0.6 is 12.6 Å². The number of nitrogens with zero attached hydrogens (tertiary/aromatic N) is 1. The fraction of sp³-hybridized carbons (Fsp3) is 0.571. The maximum atomic E-state index is 4.45. The number of anilines is 1. The van der Waals surface area contributed by atoms with E-state index in [0.29, 0.717) is 6.04 Å². The van der Waals surface area contributed by atoms with Gasteiger partial charge in [0.25, 0.3) is 0 Å². The number of rotatable bonds is 3. The summed E-state index contributed by atoms with van der Waals surface area (Å²) in [6, 6.07) is 9.39. The van der Waals surface area contributed by atoms with Gasteiger partial charge >= 0.3 is 0 Å². The maximum Gasteiger partial charge on any atom is 0.0402 e. The van der Waals surface area contributed by atoms with Crippen LogP contribution in [0.25, 0.3) is 0 Å². The minimum Gasteiger partial charge on any atom is -0.368 e. The predicted octanol–water partition coefficient (Wildman–Crippen LogP) is 3.39. The molecular formula is C14H21NS. The zero-order valence-corrected chi connectivity index (χ0v) is 11.3. The monoisotopic (exact) mass is 235 g/mol. The van der Waals surface area contributed by atoms with Crippen molar-refractivity contribution in [3.63, 3.8) is 0 Å². The molecule has 0 saturated heterocycles. The molecule has 1 nitrogen and oxygen atoms in total. The van der Waals surface area contributed by atoms with Crippen LogP contribution in [0.1, 0.15) is 26.3 Å². The van der Waals surface area contributed by atoms with Crippen molar-refractivity contribution in [1.82, 2.24) is 0 Å². The third-order valence-corrected chi connectivity index (χ3v) is 4.23. The van der Waals surface area contributed by atoms with Gasteiger partial charge in [0.05, 0.1) is 0 Å². The molecule has 0 aliphatic carbocycles. The molecule has 1 aliphatic heterocycles. The van der Waals surface area contributed by atoms with E-state index in [-0.39, 0.29) is 5.41 Å². The van der Waals surface area contributed by atoms with Gasteiger partial charge in [-0.25, -0.2) is 0 Å². The number of hydrogen-bond acceptors (Lipinski definition) is 2. The second-order valence-electron chi connectivity index (χ2n) is 5.63. The Kier molecular flexibility index (Phi) is 3.20. The van der Waals surface area contributed by atoms with Gasteiger partial charge in [-0.2, -0.15) is 12.6 Å². The predicted molar refractivity (Wildman–Crippen MR) is 74.6 cm³/mol. The SMILES string of the molecule is CC1Cc2ccccc2N1CC(C)(C)CS.